The number of rotatable bonds is 17. The normalized spacial score (nSPS) is 19.6. The Morgan fingerprint density at radius 1 is 0.972 bits per heavy atom. The number of methoxy groups -OCH3 is 1. The zero-order chi connectivity index (χ0) is 25.6. The Hall–Kier alpha value is -1.65. The van der Waals surface area contributed by atoms with Gasteiger partial charge in [0.15, 0.2) is 0 Å². The van der Waals surface area contributed by atoms with Crippen molar-refractivity contribution in [3.05, 3.63) is 36.0 Å². The SMILES string of the molecule is CCCCCCCCCCCCN1CC[C@@H](CC[C@@H](O)c2ccnc3ccc(OC)cc23)[C@@H](CC)C1. The van der Waals surface area contributed by atoms with Crippen LogP contribution in [0.15, 0.2) is 30.5 Å². The molecule has 0 amide bonds. The van der Waals surface area contributed by atoms with Crippen molar-refractivity contribution < 1.29 is 9.84 Å². The number of nitrogens with zero attached hydrogens (tertiary/aromatic N) is 2. The predicted octanol–water partition coefficient (Wildman–Crippen LogP) is 8.33. The lowest BCUT2D eigenvalue weighted by molar-refractivity contribution is 0.0903. The van der Waals surface area contributed by atoms with E-state index in [0.29, 0.717) is 0 Å². The molecule has 1 aliphatic heterocycles. The number of aliphatic hydroxyl groups is 1. The van der Waals surface area contributed by atoms with E-state index < -0.39 is 6.10 Å². The van der Waals surface area contributed by atoms with E-state index >= 15 is 0 Å². The van der Waals surface area contributed by atoms with Crippen LogP contribution < -0.4 is 4.74 Å². The molecule has 36 heavy (non-hydrogen) atoms. The maximum atomic E-state index is 11.1. The first-order valence-electron chi connectivity index (χ1n) is 15.0. The molecule has 1 aromatic heterocycles. The quantitative estimate of drug-likeness (QED) is 0.224. The summed E-state index contributed by atoms with van der Waals surface area (Å²) < 4.78 is 5.41. The maximum absolute atomic E-state index is 11.1. The highest BCUT2D eigenvalue weighted by molar-refractivity contribution is 5.83. The second-order valence-electron chi connectivity index (χ2n) is 11.1. The van der Waals surface area contributed by atoms with Crippen molar-refractivity contribution in [1.29, 1.82) is 0 Å². The van der Waals surface area contributed by atoms with Gasteiger partial charge in [0.1, 0.15) is 5.75 Å². The van der Waals surface area contributed by atoms with Gasteiger partial charge >= 0.3 is 0 Å². The highest BCUT2D eigenvalue weighted by Crippen LogP contribution is 2.34. The molecule has 0 saturated carbocycles. The molecule has 0 unspecified atom stereocenters. The number of fused-ring (bicyclic) bond motifs is 1. The second-order valence-corrected chi connectivity index (χ2v) is 11.1. The largest absolute Gasteiger partial charge is 0.497 e. The average Bonchev–Trinajstić information content (AvgIpc) is 2.92. The van der Waals surface area contributed by atoms with Crippen molar-refractivity contribution in [3.8, 4) is 5.75 Å². The number of likely N-dealkylation sites (tertiary alicyclic amines) is 1. The van der Waals surface area contributed by atoms with Gasteiger partial charge in [-0.2, -0.15) is 0 Å². The minimum atomic E-state index is -0.454. The van der Waals surface area contributed by atoms with Crippen LogP contribution >= 0.6 is 0 Å². The summed E-state index contributed by atoms with van der Waals surface area (Å²) in [7, 11) is 1.68. The van der Waals surface area contributed by atoms with Gasteiger partial charge in [0.2, 0.25) is 0 Å². The van der Waals surface area contributed by atoms with Crippen molar-refractivity contribution in [2.75, 3.05) is 26.7 Å². The first kappa shape index (κ1) is 28.9. The Kier molecular flexibility index (Phi) is 13.0. The second kappa shape index (κ2) is 16.2. The van der Waals surface area contributed by atoms with E-state index in [2.05, 4.69) is 23.7 Å². The number of aliphatic hydroxyl groups excluding tert-OH is 1. The van der Waals surface area contributed by atoms with Gasteiger partial charge < -0.3 is 14.7 Å². The van der Waals surface area contributed by atoms with Crippen LogP contribution in [0.3, 0.4) is 0 Å². The Morgan fingerprint density at radius 3 is 2.39 bits per heavy atom. The monoisotopic (exact) mass is 496 g/mol. The van der Waals surface area contributed by atoms with Crippen LogP contribution in [0.4, 0.5) is 0 Å². The first-order valence-corrected chi connectivity index (χ1v) is 15.0. The van der Waals surface area contributed by atoms with E-state index in [0.717, 1.165) is 46.9 Å². The molecule has 2 aromatic rings. The number of hydrogen-bond acceptors (Lipinski definition) is 4. The Bertz CT molecular complexity index is 870. The molecular formula is C32H52N2O2. The van der Waals surface area contributed by atoms with E-state index in [-0.39, 0.29) is 0 Å². The van der Waals surface area contributed by atoms with Gasteiger partial charge in [-0.1, -0.05) is 78.1 Å². The molecule has 0 bridgehead atoms. The molecule has 1 fully saturated rings. The van der Waals surface area contributed by atoms with Gasteiger partial charge in [-0.05, 0) is 80.4 Å². The topological polar surface area (TPSA) is 45.6 Å². The van der Waals surface area contributed by atoms with E-state index in [1.807, 2.05) is 30.5 Å². The van der Waals surface area contributed by atoms with Gasteiger partial charge in [-0.3, -0.25) is 4.98 Å². The molecule has 3 atom stereocenters. The lowest BCUT2D eigenvalue weighted by Gasteiger charge is -2.39. The molecule has 0 radical (unpaired) electrons. The Morgan fingerprint density at radius 2 is 1.69 bits per heavy atom. The Labute approximate surface area is 220 Å². The highest BCUT2D eigenvalue weighted by atomic mass is 16.5. The lowest BCUT2D eigenvalue weighted by atomic mass is 9.80. The third-order valence-corrected chi connectivity index (χ3v) is 8.48. The molecule has 3 rings (SSSR count). The minimum Gasteiger partial charge on any atom is -0.497 e. The van der Waals surface area contributed by atoms with Crippen molar-refractivity contribution in [2.24, 2.45) is 11.8 Å². The van der Waals surface area contributed by atoms with Crippen LogP contribution in [0, 0.1) is 11.8 Å². The van der Waals surface area contributed by atoms with E-state index in [9.17, 15) is 5.11 Å². The molecule has 0 aliphatic carbocycles. The fraction of sp³-hybridized carbons (Fsp3) is 0.719. The summed E-state index contributed by atoms with van der Waals surface area (Å²) in [6, 6.07) is 7.88. The summed E-state index contributed by atoms with van der Waals surface area (Å²) in [5, 5.41) is 12.1. The van der Waals surface area contributed by atoms with Crippen molar-refractivity contribution >= 4 is 10.9 Å². The van der Waals surface area contributed by atoms with Crippen LogP contribution in [-0.4, -0.2) is 41.7 Å². The first-order chi connectivity index (χ1) is 17.7. The summed E-state index contributed by atoms with van der Waals surface area (Å²) in [5.41, 5.74) is 1.89. The molecule has 4 heteroatoms. The third kappa shape index (κ3) is 9.03. The molecule has 1 aromatic carbocycles. The number of pyridine rings is 1. The predicted molar refractivity (Wildman–Crippen MR) is 153 cm³/mol. The summed E-state index contributed by atoms with van der Waals surface area (Å²) in [6.45, 7) is 8.38. The smallest absolute Gasteiger partial charge is 0.119 e. The molecule has 1 aliphatic rings. The average molecular weight is 497 g/mol. The van der Waals surface area contributed by atoms with E-state index in [1.165, 1.54) is 96.7 Å². The summed E-state index contributed by atoms with van der Waals surface area (Å²) in [6.07, 6.45) is 19.9. The van der Waals surface area contributed by atoms with Crippen LogP contribution in [-0.2, 0) is 0 Å². The molecule has 2 heterocycles. The number of benzene rings is 1. The fourth-order valence-corrected chi connectivity index (χ4v) is 6.12. The third-order valence-electron chi connectivity index (χ3n) is 8.48. The van der Waals surface area contributed by atoms with Gasteiger partial charge in [0.05, 0.1) is 18.7 Å². The number of aromatic nitrogens is 1. The fourth-order valence-electron chi connectivity index (χ4n) is 6.12. The molecular weight excluding hydrogens is 444 g/mol. The van der Waals surface area contributed by atoms with Crippen LogP contribution in [0.5, 0.6) is 5.75 Å². The van der Waals surface area contributed by atoms with E-state index in [4.69, 9.17) is 4.74 Å². The highest BCUT2D eigenvalue weighted by Gasteiger charge is 2.28. The minimum absolute atomic E-state index is 0.454. The maximum Gasteiger partial charge on any atom is 0.119 e. The zero-order valence-corrected chi connectivity index (χ0v) is 23.4. The Balaban J connectivity index is 1.37. The number of unbranched alkanes of at least 4 members (excludes halogenated alkanes) is 9. The summed E-state index contributed by atoms with van der Waals surface area (Å²) in [4.78, 5) is 7.19. The molecule has 202 valence electrons. The van der Waals surface area contributed by atoms with Crippen LogP contribution in [0.2, 0.25) is 0 Å². The van der Waals surface area contributed by atoms with Gasteiger partial charge in [0, 0.05) is 18.1 Å². The standard InChI is InChI=1S/C32H52N2O2/c1-4-6-7-8-9-10-11-12-13-14-22-34-23-20-27(26(5-2)25-34)15-18-32(35)29-19-21-33-31-17-16-28(36-3)24-30(29)31/h16-17,19,21,24,26-27,32,35H,4-15,18,20,22-23,25H2,1-3H3/t26-,27+,32+/m0/s1. The van der Waals surface area contributed by atoms with E-state index in [1.54, 1.807) is 7.11 Å². The van der Waals surface area contributed by atoms with Crippen molar-refractivity contribution in [3.63, 3.8) is 0 Å². The summed E-state index contributed by atoms with van der Waals surface area (Å²) in [5.74, 6) is 2.28. The molecule has 1 N–H and O–H groups in total. The van der Waals surface area contributed by atoms with Crippen molar-refractivity contribution in [1.82, 2.24) is 9.88 Å². The van der Waals surface area contributed by atoms with Crippen molar-refractivity contribution in [2.45, 2.75) is 110 Å². The number of piperidine rings is 1. The van der Waals surface area contributed by atoms with Gasteiger partial charge in [0.25, 0.3) is 0 Å². The zero-order valence-electron chi connectivity index (χ0n) is 23.4. The number of hydrogen-bond donors (Lipinski definition) is 1. The summed E-state index contributed by atoms with van der Waals surface area (Å²) >= 11 is 0. The molecule has 4 nitrogen and oxygen atoms in total. The molecule has 1 saturated heterocycles. The van der Waals surface area contributed by atoms with Crippen LogP contribution in [0.25, 0.3) is 10.9 Å². The number of ether oxygens (including phenoxy) is 1. The molecule has 0 spiro atoms. The van der Waals surface area contributed by atoms with Gasteiger partial charge in [-0.15, -0.1) is 0 Å². The van der Waals surface area contributed by atoms with Gasteiger partial charge in [-0.25, -0.2) is 0 Å². The lowest BCUT2D eigenvalue weighted by Crippen LogP contribution is -2.40. The van der Waals surface area contributed by atoms with Crippen LogP contribution in [0.1, 0.15) is 115 Å².